The molecule has 0 unspecified atom stereocenters. The van der Waals surface area contributed by atoms with Crippen molar-refractivity contribution < 1.29 is 13.2 Å². The lowest BCUT2D eigenvalue weighted by molar-refractivity contribution is -0.145. The van der Waals surface area contributed by atoms with Gasteiger partial charge in [0.15, 0.2) is 0 Å². The van der Waals surface area contributed by atoms with Crippen LogP contribution in [0.5, 0.6) is 0 Å². The summed E-state index contributed by atoms with van der Waals surface area (Å²) >= 11 is 0. The minimum absolute atomic E-state index is 0.0938. The Kier molecular flexibility index (Phi) is 4.58. The molecule has 2 aromatic heterocycles. The van der Waals surface area contributed by atoms with E-state index >= 15 is 0 Å². The van der Waals surface area contributed by atoms with E-state index in [1.165, 1.54) is 11.8 Å². The first kappa shape index (κ1) is 18.8. The average molecular weight is 367 g/mol. The van der Waals surface area contributed by atoms with Crippen LogP contribution in [-0.4, -0.2) is 31.2 Å². The van der Waals surface area contributed by atoms with Crippen molar-refractivity contribution in [2.24, 2.45) is 0 Å². The molecule has 0 aliphatic carbocycles. The van der Waals surface area contributed by atoms with Gasteiger partial charge >= 0.3 is 6.18 Å². The van der Waals surface area contributed by atoms with Crippen molar-refractivity contribution in [1.82, 2.24) is 24.6 Å². The maximum atomic E-state index is 12.8. The van der Waals surface area contributed by atoms with Crippen LogP contribution in [0.15, 0.2) is 6.20 Å². The summed E-state index contributed by atoms with van der Waals surface area (Å²) in [5.74, 6) is -1.05. The Hall–Kier alpha value is -1.96. The second-order valence-electron chi connectivity index (χ2n) is 7.86. The fraction of sp³-hybridized carbons (Fsp3) is 0.611. The highest BCUT2D eigenvalue weighted by Crippen LogP contribution is 2.29. The lowest BCUT2D eigenvalue weighted by Gasteiger charge is -2.28. The minimum atomic E-state index is -4.50. The molecule has 0 bridgehead atoms. The van der Waals surface area contributed by atoms with Crippen LogP contribution in [0.1, 0.15) is 54.8 Å². The van der Waals surface area contributed by atoms with Gasteiger partial charge in [0.25, 0.3) is 0 Å². The Morgan fingerprint density at radius 1 is 1.15 bits per heavy atom. The second-order valence-corrected chi connectivity index (χ2v) is 7.86. The van der Waals surface area contributed by atoms with E-state index in [1.54, 1.807) is 0 Å². The first-order valence-electron chi connectivity index (χ1n) is 8.66. The molecule has 1 aliphatic rings. The number of alkyl halides is 3. The fourth-order valence-corrected chi connectivity index (χ4v) is 3.43. The molecule has 5 nitrogen and oxygen atoms in total. The van der Waals surface area contributed by atoms with Gasteiger partial charge in [-0.2, -0.15) is 18.3 Å². The van der Waals surface area contributed by atoms with Crippen molar-refractivity contribution in [3.63, 3.8) is 0 Å². The zero-order chi connectivity index (χ0) is 19.3. The fourth-order valence-electron chi connectivity index (χ4n) is 3.43. The second kappa shape index (κ2) is 6.33. The first-order valence-corrected chi connectivity index (χ1v) is 8.66. The molecule has 0 atom stereocenters. The highest BCUT2D eigenvalue weighted by Gasteiger charge is 2.35. The molecule has 0 saturated heterocycles. The first-order chi connectivity index (χ1) is 12.0. The maximum absolute atomic E-state index is 12.8. The van der Waals surface area contributed by atoms with Crippen LogP contribution in [0.2, 0.25) is 0 Å². The third-order valence-corrected chi connectivity index (χ3v) is 4.72. The van der Waals surface area contributed by atoms with E-state index in [0.29, 0.717) is 31.7 Å². The molecule has 8 heteroatoms. The van der Waals surface area contributed by atoms with Crippen LogP contribution in [0, 0.1) is 13.8 Å². The number of fused-ring (bicyclic) bond motifs is 1. The smallest absolute Gasteiger partial charge is 0.294 e. The van der Waals surface area contributed by atoms with Crippen LogP contribution in [0.3, 0.4) is 0 Å². The van der Waals surface area contributed by atoms with Gasteiger partial charge in [0.05, 0.1) is 16.9 Å². The Labute approximate surface area is 151 Å². The van der Waals surface area contributed by atoms with Crippen molar-refractivity contribution >= 4 is 0 Å². The Morgan fingerprint density at radius 3 is 2.42 bits per heavy atom. The number of rotatable bonds is 2. The summed E-state index contributed by atoms with van der Waals surface area (Å²) in [6.45, 7) is 12.3. The maximum Gasteiger partial charge on any atom is 0.451 e. The van der Waals surface area contributed by atoms with Gasteiger partial charge in [-0.1, -0.05) is 0 Å². The summed E-state index contributed by atoms with van der Waals surface area (Å²) in [5.41, 5.74) is 4.47. The largest absolute Gasteiger partial charge is 0.451 e. The van der Waals surface area contributed by atoms with Crippen molar-refractivity contribution in [1.29, 1.82) is 0 Å². The molecule has 142 valence electrons. The van der Waals surface area contributed by atoms with Crippen LogP contribution in [0.4, 0.5) is 13.2 Å². The van der Waals surface area contributed by atoms with Gasteiger partial charge in [0, 0.05) is 49.1 Å². The molecule has 0 N–H and O–H groups in total. The zero-order valence-electron chi connectivity index (χ0n) is 15.8. The van der Waals surface area contributed by atoms with E-state index in [9.17, 15) is 13.2 Å². The van der Waals surface area contributed by atoms with E-state index in [4.69, 9.17) is 0 Å². The number of nitrogens with zero attached hydrogens (tertiary/aromatic N) is 5. The van der Waals surface area contributed by atoms with Crippen molar-refractivity contribution in [2.75, 3.05) is 6.54 Å². The molecule has 0 spiro atoms. The Morgan fingerprint density at radius 2 is 1.85 bits per heavy atom. The molecule has 26 heavy (non-hydrogen) atoms. The van der Waals surface area contributed by atoms with Gasteiger partial charge in [-0.05, 0) is 34.6 Å². The SMILES string of the molecule is Cc1nn(C(C)(C)C)c(C)c1CN1CCc2nc(C(F)(F)F)ncc2C1. The third kappa shape index (κ3) is 3.60. The number of aryl methyl sites for hydroxylation is 1. The van der Waals surface area contributed by atoms with Crippen LogP contribution in [-0.2, 0) is 31.2 Å². The summed E-state index contributed by atoms with van der Waals surface area (Å²) in [5, 5.41) is 4.67. The normalized spacial score (nSPS) is 16.0. The average Bonchev–Trinajstić information content (AvgIpc) is 2.81. The van der Waals surface area contributed by atoms with E-state index in [-0.39, 0.29) is 5.54 Å². The predicted octanol–water partition coefficient (Wildman–Crippen LogP) is 3.62. The standard InChI is InChI=1S/C18H24F3N5/c1-11-14(12(2)26(24-11)17(3,4)5)10-25-7-6-15-13(9-25)8-22-16(23-15)18(19,20)21/h8H,6-7,9-10H2,1-5H3. The van der Waals surface area contributed by atoms with Crippen LogP contribution < -0.4 is 0 Å². The van der Waals surface area contributed by atoms with Gasteiger partial charge in [-0.3, -0.25) is 9.58 Å². The van der Waals surface area contributed by atoms with Crippen LogP contribution >= 0.6 is 0 Å². The van der Waals surface area contributed by atoms with E-state index in [2.05, 4.69) is 47.7 Å². The third-order valence-electron chi connectivity index (χ3n) is 4.72. The number of halogens is 3. The summed E-state index contributed by atoms with van der Waals surface area (Å²) in [6, 6.07) is 0. The molecular weight excluding hydrogens is 343 g/mol. The van der Waals surface area contributed by atoms with Gasteiger partial charge in [-0.25, -0.2) is 9.97 Å². The van der Waals surface area contributed by atoms with E-state index in [1.807, 2.05) is 11.6 Å². The van der Waals surface area contributed by atoms with Gasteiger partial charge in [-0.15, -0.1) is 0 Å². The van der Waals surface area contributed by atoms with Crippen LogP contribution in [0.25, 0.3) is 0 Å². The molecule has 3 heterocycles. The highest BCUT2D eigenvalue weighted by atomic mass is 19.4. The summed E-state index contributed by atoms with van der Waals surface area (Å²) < 4.78 is 40.3. The zero-order valence-corrected chi connectivity index (χ0v) is 15.8. The predicted molar refractivity (Wildman–Crippen MR) is 91.5 cm³/mol. The van der Waals surface area contributed by atoms with Crippen molar-refractivity contribution in [3.8, 4) is 0 Å². The molecule has 0 radical (unpaired) electrons. The van der Waals surface area contributed by atoms with Crippen molar-refractivity contribution in [2.45, 2.75) is 65.8 Å². The monoisotopic (exact) mass is 367 g/mol. The molecule has 0 aromatic carbocycles. The number of hydrogen-bond donors (Lipinski definition) is 0. The molecule has 0 saturated carbocycles. The molecule has 0 fully saturated rings. The lowest BCUT2D eigenvalue weighted by Crippen LogP contribution is -2.32. The Bertz CT molecular complexity index is 817. The number of aromatic nitrogens is 4. The quantitative estimate of drug-likeness (QED) is 0.813. The van der Waals surface area contributed by atoms with Gasteiger partial charge in [0.2, 0.25) is 5.82 Å². The molecule has 3 rings (SSSR count). The van der Waals surface area contributed by atoms with E-state index < -0.39 is 12.0 Å². The van der Waals surface area contributed by atoms with Gasteiger partial charge in [0.1, 0.15) is 0 Å². The van der Waals surface area contributed by atoms with Gasteiger partial charge < -0.3 is 0 Å². The highest BCUT2D eigenvalue weighted by molar-refractivity contribution is 5.27. The summed E-state index contributed by atoms with van der Waals surface area (Å²) in [6.07, 6.45) is -2.69. The number of hydrogen-bond acceptors (Lipinski definition) is 4. The van der Waals surface area contributed by atoms with E-state index in [0.717, 1.165) is 17.0 Å². The Balaban J connectivity index is 1.80. The topological polar surface area (TPSA) is 46.8 Å². The summed E-state index contributed by atoms with van der Waals surface area (Å²) in [7, 11) is 0. The molecule has 0 amide bonds. The summed E-state index contributed by atoms with van der Waals surface area (Å²) in [4.78, 5) is 9.43. The molecule has 2 aromatic rings. The van der Waals surface area contributed by atoms with Crippen molar-refractivity contribution in [3.05, 3.63) is 40.2 Å². The molecular formula is C18H24F3N5. The lowest BCUT2D eigenvalue weighted by atomic mass is 10.1. The molecule has 1 aliphatic heterocycles. The minimum Gasteiger partial charge on any atom is -0.294 e.